The molecular formula is C10H13F2NO5S2. The lowest BCUT2D eigenvalue weighted by Gasteiger charge is -2.17. The minimum atomic E-state index is -5.31. The van der Waals surface area contributed by atoms with Gasteiger partial charge in [0, 0.05) is 11.3 Å². The van der Waals surface area contributed by atoms with Crippen molar-refractivity contribution in [3.05, 3.63) is 22.3 Å². The number of anilines is 1. The van der Waals surface area contributed by atoms with Crippen LogP contribution in [0.4, 0.5) is 13.5 Å². The normalized spacial score (nSPS) is 12.4. The van der Waals surface area contributed by atoms with Crippen molar-refractivity contribution >= 4 is 26.4 Å². The first kappa shape index (κ1) is 16.6. The molecule has 20 heavy (non-hydrogen) atoms. The molecule has 0 saturated carbocycles. The molecule has 0 heterocycles. The van der Waals surface area contributed by atoms with Crippen LogP contribution in [0.15, 0.2) is 0 Å². The number of rotatable bonds is 4. The molecular weight excluding hydrogens is 316 g/mol. The van der Waals surface area contributed by atoms with E-state index in [9.17, 15) is 24.6 Å². The molecule has 10 heteroatoms. The molecule has 0 amide bonds. The van der Waals surface area contributed by atoms with Gasteiger partial charge in [0.05, 0.1) is 0 Å². The van der Waals surface area contributed by atoms with Crippen LogP contribution in [0.3, 0.4) is 0 Å². The highest BCUT2D eigenvalue weighted by molar-refractivity contribution is 7.85. The minimum absolute atomic E-state index is 0.00310. The summed E-state index contributed by atoms with van der Waals surface area (Å²) in [6, 6.07) is 0. The summed E-state index contributed by atoms with van der Waals surface area (Å²) < 4.78 is 72.3. The summed E-state index contributed by atoms with van der Waals surface area (Å²) in [7, 11) is -10.2. The Labute approximate surface area is 116 Å². The molecule has 1 aromatic rings. The number of hydrogen-bond acceptors (Lipinski definition) is 6. The summed E-state index contributed by atoms with van der Waals surface area (Å²) in [5, 5.41) is 0. The number of hydrogen-bond donors (Lipinski definition) is 1. The van der Waals surface area contributed by atoms with E-state index in [-0.39, 0.29) is 27.9 Å². The van der Waals surface area contributed by atoms with Crippen LogP contribution < -0.4 is 9.92 Å². The zero-order valence-electron chi connectivity index (χ0n) is 10.9. The molecule has 0 spiro atoms. The Hall–Kier alpha value is -1.42. The SMILES string of the molecule is Cc1c(N)c(C)c(OS(=O)(=O)F)c(C)c1CS(=O)(=O)F. The summed E-state index contributed by atoms with van der Waals surface area (Å²) in [6.07, 6.45) is 0. The monoisotopic (exact) mass is 329 g/mol. The topological polar surface area (TPSA) is 104 Å². The summed E-state index contributed by atoms with van der Waals surface area (Å²) >= 11 is 0. The second kappa shape index (κ2) is 5.17. The van der Waals surface area contributed by atoms with Crippen LogP contribution in [0.2, 0.25) is 0 Å². The maximum Gasteiger partial charge on any atom is 0.488 e. The van der Waals surface area contributed by atoms with Crippen LogP contribution in [0.5, 0.6) is 5.75 Å². The van der Waals surface area contributed by atoms with Crippen LogP contribution in [-0.2, 0) is 26.5 Å². The molecule has 0 aliphatic rings. The molecule has 0 fully saturated rings. The third-order valence-electron chi connectivity index (χ3n) is 2.89. The number of benzene rings is 1. The van der Waals surface area contributed by atoms with E-state index in [4.69, 9.17) is 5.73 Å². The van der Waals surface area contributed by atoms with E-state index in [2.05, 4.69) is 4.18 Å². The van der Waals surface area contributed by atoms with Gasteiger partial charge >= 0.3 is 20.7 Å². The molecule has 0 atom stereocenters. The Kier molecular flexibility index (Phi) is 4.30. The van der Waals surface area contributed by atoms with E-state index < -0.39 is 32.2 Å². The maximum absolute atomic E-state index is 12.8. The zero-order chi connectivity index (χ0) is 15.9. The Morgan fingerprint density at radius 1 is 1.00 bits per heavy atom. The van der Waals surface area contributed by atoms with Gasteiger partial charge in [-0.25, -0.2) is 0 Å². The van der Waals surface area contributed by atoms with E-state index >= 15 is 0 Å². The largest absolute Gasteiger partial charge is 0.488 e. The number of halogens is 2. The average molecular weight is 329 g/mol. The molecule has 114 valence electrons. The summed E-state index contributed by atoms with van der Waals surface area (Å²) in [5.74, 6) is -1.44. The third-order valence-corrected chi connectivity index (χ3v) is 3.89. The highest BCUT2D eigenvalue weighted by atomic mass is 32.3. The second-order valence-electron chi connectivity index (χ2n) is 4.26. The van der Waals surface area contributed by atoms with Crippen LogP contribution >= 0.6 is 0 Å². The van der Waals surface area contributed by atoms with E-state index in [0.717, 1.165) is 0 Å². The molecule has 1 rings (SSSR count). The lowest BCUT2D eigenvalue weighted by molar-refractivity contribution is 0.437. The van der Waals surface area contributed by atoms with Crippen LogP contribution in [0, 0.1) is 20.8 Å². The first-order valence-electron chi connectivity index (χ1n) is 5.28. The summed E-state index contributed by atoms with van der Waals surface area (Å²) in [4.78, 5) is 0. The van der Waals surface area contributed by atoms with Crippen molar-refractivity contribution in [1.82, 2.24) is 0 Å². The van der Waals surface area contributed by atoms with E-state index in [0.29, 0.717) is 0 Å². The van der Waals surface area contributed by atoms with Gasteiger partial charge < -0.3 is 9.92 Å². The molecule has 0 aromatic heterocycles. The minimum Gasteiger partial charge on any atom is -0.398 e. The molecule has 0 unspecified atom stereocenters. The number of nitrogens with two attached hydrogens (primary N) is 1. The lowest BCUT2D eigenvalue weighted by atomic mass is 9.97. The highest BCUT2D eigenvalue weighted by Crippen LogP contribution is 2.36. The molecule has 2 N–H and O–H groups in total. The molecule has 0 bridgehead atoms. The van der Waals surface area contributed by atoms with Crippen molar-refractivity contribution in [2.45, 2.75) is 26.5 Å². The summed E-state index contributed by atoms with van der Waals surface area (Å²) in [5.41, 5.74) is 6.01. The van der Waals surface area contributed by atoms with Gasteiger partial charge in [0.1, 0.15) is 5.75 Å². The van der Waals surface area contributed by atoms with Crippen molar-refractivity contribution in [1.29, 1.82) is 0 Å². The van der Waals surface area contributed by atoms with Crippen LogP contribution in [0.1, 0.15) is 22.3 Å². The third kappa shape index (κ3) is 3.79. The predicted octanol–water partition coefficient (Wildman–Crippen LogP) is 1.59. The fraction of sp³-hybridized carbons (Fsp3) is 0.400. The number of nitrogen functional groups attached to an aromatic ring is 1. The van der Waals surface area contributed by atoms with Gasteiger partial charge in [-0.15, -0.1) is 3.89 Å². The smallest absolute Gasteiger partial charge is 0.398 e. The first-order valence-corrected chi connectivity index (χ1v) is 8.14. The lowest BCUT2D eigenvalue weighted by Crippen LogP contribution is -2.11. The average Bonchev–Trinajstić information content (AvgIpc) is 2.25. The van der Waals surface area contributed by atoms with Gasteiger partial charge in [-0.05, 0) is 37.5 Å². The Morgan fingerprint density at radius 2 is 1.50 bits per heavy atom. The standard InChI is InChI=1S/C10H13F2NO5S2/c1-5-8(4-19(11,14)15)6(2)10(7(3)9(5)13)18-20(12,16)17/h4,13H2,1-3H3. The van der Waals surface area contributed by atoms with Crippen molar-refractivity contribution < 1.29 is 28.8 Å². The highest BCUT2D eigenvalue weighted by Gasteiger charge is 2.24. The van der Waals surface area contributed by atoms with Crippen molar-refractivity contribution in [2.24, 2.45) is 0 Å². The predicted molar refractivity (Wildman–Crippen MR) is 69.5 cm³/mol. The van der Waals surface area contributed by atoms with E-state index in [1.807, 2.05) is 0 Å². The molecule has 6 nitrogen and oxygen atoms in total. The molecule has 0 aliphatic carbocycles. The maximum atomic E-state index is 12.8. The van der Waals surface area contributed by atoms with Gasteiger partial charge in [-0.2, -0.15) is 16.8 Å². The van der Waals surface area contributed by atoms with Gasteiger partial charge in [0.2, 0.25) is 0 Å². The summed E-state index contributed by atoms with van der Waals surface area (Å²) in [6.45, 7) is 4.12. The van der Waals surface area contributed by atoms with Gasteiger partial charge in [0.25, 0.3) is 0 Å². The Bertz CT molecular complexity index is 695. The fourth-order valence-corrected chi connectivity index (χ4v) is 3.11. The van der Waals surface area contributed by atoms with Crippen molar-refractivity contribution in [3.8, 4) is 5.75 Å². The van der Waals surface area contributed by atoms with Crippen LogP contribution in [-0.4, -0.2) is 16.8 Å². The molecule has 0 radical (unpaired) electrons. The van der Waals surface area contributed by atoms with Gasteiger partial charge in [-0.3, -0.25) is 0 Å². The molecule has 1 aromatic carbocycles. The van der Waals surface area contributed by atoms with E-state index in [1.54, 1.807) is 0 Å². The zero-order valence-corrected chi connectivity index (χ0v) is 12.5. The Balaban J connectivity index is 3.63. The quantitative estimate of drug-likeness (QED) is 0.664. The molecule has 0 saturated heterocycles. The molecule has 0 aliphatic heterocycles. The van der Waals surface area contributed by atoms with Gasteiger partial charge in [-0.1, -0.05) is 3.89 Å². The van der Waals surface area contributed by atoms with Crippen LogP contribution in [0.25, 0.3) is 0 Å². The van der Waals surface area contributed by atoms with E-state index in [1.165, 1.54) is 20.8 Å². The fourth-order valence-electron chi connectivity index (χ4n) is 1.88. The van der Waals surface area contributed by atoms with Crippen molar-refractivity contribution in [2.75, 3.05) is 5.73 Å². The van der Waals surface area contributed by atoms with Crippen molar-refractivity contribution in [3.63, 3.8) is 0 Å². The van der Waals surface area contributed by atoms with Gasteiger partial charge in [0.15, 0.2) is 5.75 Å². The second-order valence-corrected chi connectivity index (χ2v) is 6.58. The Morgan fingerprint density at radius 3 is 1.90 bits per heavy atom. The first-order chi connectivity index (χ1) is 8.83.